The standard InChI is InChI=1S/C29H33FN2O3S/c1-19(2)21-9-11-22(12-10-21)35-18-26-24-14-16-36-27(24)13-15-31(26)28(33)17-32(20(3)4)29(34)23-7-5-6-8-25(23)30/h5-12,14,16,19-20,26H,13,15,17-18H2,1-4H3/t26-/m1/s1. The number of ether oxygens (including phenoxy) is 1. The van der Waals surface area contributed by atoms with E-state index >= 15 is 0 Å². The number of carbonyl (C=O) groups is 2. The number of benzene rings is 2. The predicted molar refractivity (Wildman–Crippen MR) is 141 cm³/mol. The van der Waals surface area contributed by atoms with E-state index in [0.29, 0.717) is 19.1 Å². The van der Waals surface area contributed by atoms with Crippen molar-refractivity contribution in [1.29, 1.82) is 0 Å². The molecule has 7 heteroatoms. The first-order valence-corrected chi connectivity index (χ1v) is 13.3. The molecule has 3 aromatic rings. The molecule has 1 aliphatic heterocycles. The highest BCUT2D eigenvalue weighted by molar-refractivity contribution is 7.10. The lowest BCUT2D eigenvalue weighted by molar-refractivity contribution is -0.136. The first kappa shape index (κ1) is 25.9. The smallest absolute Gasteiger partial charge is 0.257 e. The van der Waals surface area contributed by atoms with Gasteiger partial charge in [-0.15, -0.1) is 11.3 Å². The van der Waals surface area contributed by atoms with Gasteiger partial charge in [0.15, 0.2) is 0 Å². The molecule has 0 aliphatic carbocycles. The van der Waals surface area contributed by atoms with Gasteiger partial charge in [0.1, 0.15) is 24.7 Å². The maximum atomic E-state index is 14.3. The van der Waals surface area contributed by atoms with Crippen LogP contribution in [0.15, 0.2) is 60.0 Å². The summed E-state index contributed by atoms with van der Waals surface area (Å²) in [6.07, 6.45) is 0.765. The number of hydrogen-bond donors (Lipinski definition) is 0. The Balaban J connectivity index is 1.52. The molecule has 0 saturated heterocycles. The fraction of sp³-hybridized carbons (Fsp3) is 0.379. The number of amides is 2. The number of fused-ring (bicyclic) bond motifs is 1. The molecule has 1 aliphatic rings. The Morgan fingerprint density at radius 3 is 2.47 bits per heavy atom. The van der Waals surface area contributed by atoms with E-state index in [-0.39, 0.29) is 30.1 Å². The van der Waals surface area contributed by atoms with Gasteiger partial charge >= 0.3 is 0 Å². The normalized spacial score (nSPS) is 15.2. The summed E-state index contributed by atoms with van der Waals surface area (Å²) in [5.41, 5.74) is 2.31. The van der Waals surface area contributed by atoms with Crippen molar-refractivity contribution in [3.63, 3.8) is 0 Å². The molecule has 5 nitrogen and oxygen atoms in total. The van der Waals surface area contributed by atoms with Crippen LogP contribution in [0.1, 0.15) is 66.0 Å². The minimum Gasteiger partial charge on any atom is -0.491 e. The van der Waals surface area contributed by atoms with Gasteiger partial charge in [0, 0.05) is 17.5 Å². The molecule has 190 valence electrons. The van der Waals surface area contributed by atoms with Crippen molar-refractivity contribution in [2.75, 3.05) is 19.7 Å². The molecule has 0 saturated carbocycles. The van der Waals surface area contributed by atoms with E-state index in [1.807, 2.05) is 36.3 Å². The van der Waals surface area contributed by atoms with Crippen molar-refractivity contribution in [3.05, 3.63) is 87.4 Å². The molecule has 4 rings (SSSR count). The summed E-state index contributed by atoms with van der Waals surface area (Å²) < 4.78 is 20.5. The molecule has 2 aromatic carbocycles. The summed E-state index contributed by atoms with van der Waals surface area (Å²) >= 11 is 1.69. The van der Waals surface area contributed by atoms with Crippen LogP contribution in [0, 0.1) is 5.82 Å². The van der Waals surface area contributed by atoms with Gasteiger partial charge in [0.25, 0.3) is 5.91 Å². The van der Waals surface area contributed by atoms with Crippen molar-refractivity contribution >= 4 is 23.2 Å². The molecular weight excluding hydrogens is 475 g/mol. The zero-order chi connectivity index (χ0) is 25.8. The highest BCUT2D eigenvalue weighted by atomic mass is 32.1. The SMILES string of the molecule is CC(C)c1ccc(OC[C@@H]2c3ccsc3CCN2C(=O)CN(C(=O)c2ccccc2F)C(C)C)cc1. The number of nitrogens with zero attached hydrogens (tertiary/aromatic N) is 2. The summed E-state index contributed by atoms with van der Waals surface area (Å²) in [6, 6.07) is 15.5. The van der Waals surface area contributed by atoms with Gasteiger partial charge in [-0.3, -0.25) is 9.59 Å². The minimum atomic E-state index is -0.587. The van der Waals surface area contributed by atoms with Crippen LogP contribution in [-0.2, 0) is 11.2 Å². The fourth-order valence-corrected chi connectivity index (χ4v) is 5.44. The van der Waals surface area contributed by atoms with Crippen molar-refractivity contribution in [2.45, 2.75) is 52.1 Å². The van der Waals surface area contributed by atoms with Crippen LogP contribution in [-0.4, -0.2) is 47.4 Å². The molecule has 1 atom stereocenters. The summed E-state index contributed by atoms with van der Waals surface area (Å²) in [6.45, 7) is 8.71. The second-order valence-corrected chi connectivity index (χ2v) is 10.7. The largest absolute Gasteiger partial charge is 0.491 e. The third-order valence-electron chi connectivity index (χ3n) is 6.66. The van der Waals surface area contributed by atoms with Gasteiger partial charge in [-0.1, -0.05) is 38.1 Å². The third kappa shape index (κ3) is 5.62. The Morgan fingerprint density at radius 1 is 1.08 bits per heavy atom. The molecule has 2 amide bonds. The molecule has 0 radical (unpaired) electrons. The quantitative estimate of drug-likeness (QED) is 0.371. The Morgan fingerprint density at radius 2 is 1.81 bits per heavy atom. The summed E-state index contributed by atoms with van der Waals surface area (Å²) in [5, 5.41) is 2.05. The number of rotatable bonds is 8. The lowest BCUT2D eigenvalue weighted by Crippen LogP contribution is -2.49. The molecule has 0 unspecified atom stereocenters. The van der Waals surface area contributed by atoms with Crippen LogP contribution < -0.4 is 4.74 Å². The van der Waals surface area contributed by atoms with Crippen molar-refractivity contribution in [3.8, 4) is 5.75 Å². The van der Waals surface area contributed by atoms with Gasteiger partial charge in [-0.2, -0.15) is 0 Å². The lowest BCUT2D eigenvalue weighted by Gasteiger charge is -2.37. The second-order valence-electron chi connectivity index (χ2n) is 9.69. The maximum Gasteiger partial charge on any atom is 0.257 e. The van der Waals surface area contributed by atoms with E-state index in [4.69, 9.17) is 4.74 Å². The predicted octanol–water partition coefficient (Wildman–Crippen LogP) is 6.07. The zero-order valence-electron chi connectivity index (χ0n) is 21.2. The number of thiophene rings is 1. The average Bonchev–Trinajstić information content (AvgIpc) is 3.35. The number of halogens is 1. The Kier molecular flexibility index (Phi) is 8.09. The van der Waals surface area contributed by atoms with Gasteiger partial charge in [0.05, 0.1) is 11.6 Å². The molecule has 0 fully saturated rings. The van der Waals surface area contributed by atoms with Gasteiger partial charge in [-0.05, 0) is 73.0 Å². The highest BCUT2D eigenvalue weighted by Crippen LogP contribution is 2.34. The first-order valence-electron chi connectivity index (χ1n) is 12.4. The fourth-order valence-electron chi connectivity index (χ4n) is 4.51. The molecule has 36 heavy (non-hydrogen) atoms. The van der Waals surface area contributed by atoms with Crippen molar-refractivity contribution in [1.82, 2.24) is 9.80 Å². The van der Waals surface area contributed by atoms with E-state index < -0.39 is 11.7 Å². The molecule has 2 heterocycles. The van der Waals surface area contributed by atoms with Crippen LogP contribution in [0.25, 0.3) is 0 Å². The van der Waals surface area contributed by atoms with Gasteiger partial charge in [0.2, 0.25) is 5.91 Å². The third-order valence-corrected chi connectivity index (χ3v) is 7.66. The van der Waals surface area contributed by atoms with Gasteiger partial charge in [-0.25, -0.2) is 4.39 Å². The van der Waals surface area contributed by atoms with E-state index in [1.165, 1.54) is 27.5 Å². The molecule has 0 bridgehead atoms. The number of carbonyl (C=O) groups excluding carboxylic acids is 2. The second kappa shape index (κ2) is 11.2. The Labute approximate surface area is 216 Å². The van der Waals surface area contributed by atoms with Crippen LogP contribution >= 0.6 is 11.3 Å². The van der Waals surface area contributed by atoms with E-state index in [0.717, 1.165) is 17.7 Å². The summed E-state index contributed by atoms with van der Waals surface area (Å²) in [7, 11) is 0. The highest BCUT2D eigenvalue weighted by Gasteiger charge is 2.34. The van der Waals surface area contributed by atoms with Crippen LogP contribution in [0.5, 0.6) is 5.75 Å². The molecule has 1 aromatic heterocycles. The van der Waals surface area contributed by atoms with E-state index in [9.17, 15) is 14.0 Å². The minimum absolute atomic E-state index is 0.0255. The van der Waals surface area contributed by atoms with Gasteiger partial charge < -0.3 is 14.5 Å². The first-order chi connectivity index (χ1) is 17.3. The van der Waals surface area contributed by atoms with E-state index in [2.05, 4.69) is 32.0 Å². The van der Waals surface area contributed by atoms with Crippen molar-refractivity contribution < 1.29 is 18.7 Å². The maximum absolute atomic E-state index is 14.3. The average molecular weight is 509 g/mol. The summed E-state index contributed by atoms with van der Waals surface area (Å²) in [4.78, 5) is 31.2. The topological polar surface area (TPSA) is 49.9 Å². The number of hydrogen-bond acceptors (Lipinski definition) is 4. The monoisotopic (exact) mass is 508 g/mol. The Bertz CT molecular complexity index is 1210. The molecule has 0 N–H and O–H groups in total. The lowest BCUT2D eigenvalue weighted by atomic mass is 10.00. The van der Waals surface area contributed by atoms with Crippen molar-refractivity contribution in [2.24, 2.45) is 0 Å². The molecular formula is C29H33FN2O3S. The molecule has 0 spiro atoms. The van der Waals surface area contributed by atoms with Crippen LogP contribution in [0.4, 0.5) is 4.39 Å². The van der Waals surface area contributed by atoms with Crippen LogP contribution in [0.2, 0.25) is 0 Å². The Hall–Kier alpha value is -3.19. The summed E-state index contributed by atoms with van der Waals surface area (Å²) in [5.74, 6) is -0.0458. The van der Waals surface area contributed by atoms with E-state index in [1.54, 1.807) is 23.5 Å². The zero-order valence-corrected chi connectivity index (χ0v) is 22.1. The van der Waals surface area contributed by atoms with Crippen LogP contribution in [0.3, 0.4) is 0 Å².